The molecule has 10 nitrogen and oxygen atoms in total. The summed E-state index contributed by atoms with van der Waals surface area (Å²) in [5.41, 5.74) is 2.06. The summed E-state index contributed by atoms with van der Waals surface area (Å²) in [5, 5.41) is 1.08. The summed E-state index contributed by atoms with van der Waals surface area (Å²) in [6.07, 6.45) is 6.55. The smallest absolute Gasteiger partial charge is 0.410 e. The molecule has 5 heterocycles. The fraction of sp³-hybridized carbons (Fsp3) is 0.605. The highest BCUT2D eigenvalue weighted by Crippen LogP contribution is 2.50. The summed E-state index contributed by atoms with van der Waals surface area (Å²) >= 11 is 6.82. The topological polar surface area (TPSA) is 89.5 Å². The van der Waals surface area contributed by atoms with Crippen molar-refractivity contribution < 1.29 is 32.5 Å². The van der Waals surface area contributed by atoms with Gasteiger partial charge in [0, 0.05) is 49.1 Å². The number of benzene rings is 2. The number of anilines is 1. The number of alkyl halides is 1. The van der Waals surface area contributed by atoms with Gasteiger partial charge in [-0.3, -0.25) is 9.80 Å². The van der Waals surface area contributed by atoms with Crippen molar-refractivity contribution >= 4 is 34.4 Å². The number of nitrogens with zero attached hydrogens (tertiary/aromatic N) is 5. The van der Waals surface area contributed by atoms with Gasteiger partial charge in [0.15, 0.2) is 6.79 Å². The number of ether oxygens (including phenoxy) is 4. The van der Waals surface area contributed by atoms with Crippen molar-refractivity contribution in [1.82, 2.24) is 19.8 Å². The Morgan fingerprint density at radius 3 is 2.59 bits per heavy atom. The van der Waals surface area contributed by atoms with Gasteiger partial charge in [0.25, 0.3) is 0 Å². The van der Waals surface area contributed by atoms with Crippen LogP contribution >= 0.6 is 11.6 Å². The van der Waals surface area contributed by atoms with Gasteiger partial charge in [0.1, 0.15) is 30.2 Å². The molecular formula is C38H46ClF2N5O5. The molecule has 2 bridgehead atoms. The van der Waals surface area contributed by atoms with Crippen molar-refractivity contribution in [3.63, 3.8) is 0 Å². The number of amides is 1. The number of hydrogen-bond acceptors (Lipinski definition) is 9. The third kappa shape index (κ3) is 6.68. The molecule has 4 atom stereocenters. The van der Waals surface area contributed by atoms with Crippen LogP contribution in [0, 0.1) is 5.82 Å². The minimum Gasteiger partial charge on any atom is -0.467 e. The maximum absolute atomic E-state index is 16.5. The predicted molar refractivity (Wildman–Crippen MR) is 190 cm³/mol. The Balaban J connectivity index is 1.17. The van der Waals surface area contributed by atoms with E-state index in [0.29, 0.717) is 71.3 Å². The molecule has 4 aliphatic heterocycles. The molecule has 1 aliphatic carbocycles. The number of fused-ring (bicyclic) bond motifs is 4. The molecule has 0 N–H and O–H groups in total. The molecule has 2 aromatic carbocycles. The van der Waals surface area contributed by atoms with Crippen LogP contribution in [0.1, 0.15) is 76.2 Å². The van der Waals surface area contributed by atoms with Crippen molar-refractivity contribution in [2.24, 2.45) is 0 Å². The molecule has 274 valence electrons. The number of rotatable bonds is 12. The first-order chi connectivity index (χ1) is 24.8. The zero-order valence-corrected chi connectivity index (χ0v) is 30.1. The number of unbranched alkanes of at least 4 members (excludes halogenated alkanes) is 1. The van der Waals surface area contributed by atoms with Crippen molar-refractivity contribution in [2.45, 2.75) is 94.4 Å². The molecule has 8 rings (SSSR count). The molecule has 5 fully saturated rings. The summed E-state index contributed by atoms with van der Waals surface area (Å²) in [7, 11) is 1.54. The molecule has 5 aliphatic rings. The zero-order chi connectivity index (χ0) is 35.3. The van der Waals surface area contributed by atoms with Crippen molar-refractivity contribution in [3.05, 3.63) is 40.7 Å². The maximum atomic E-state index is 16.5. The van der Waals surface area contributed by atoms with E-state index in [0.717, 1.165) is 63.5 Å². The highest BCUT2D eigenvalue weighted by atomic mass is 35.5. The molecule has 51 heavy (non-hydrogen) atoms. The van der Waals surface area contributed by atoms with Crippen molar-refractivity contribution in [2.75, 3.05) is 58.2 Å². The number of methoxy groups -OCH3 is 1. The van der Waals surface area contributed by atoms with Crippen LogP contribution in [0.4, 0.5) is 19.4 Å². The van der Waals surface area contributed by atoms with Gasteiger partial charge >= 0.3 is 12.1 Å². The van der Waals surface area contributed by atoms with Gasteiger partial charge in [-0.1, -0.05) is 24.9 Å². The lowest BCUT2D eigenvalue weighted by Crippen LogP contribution is -2.56. The van der Waals surface area contributed by atoms with E-state index in [1.165, 1.54) is 13.2 Å². The van der Waals surface area contributed by atoms with E-state index in [1.54, 1.807) is 12.1 Å². The van der Waals surface area contributed by atoms with E-state index in [9.17, 15) is 9.18 Å². The van der Waals surface area contributed by atoms with Crippen LogP contribution in [0.2, 0.25) is 5.02 Å². The van der Waals surface area contributed by atoms with Crippen LogP contribution in [0.15, 0.2) is 24.3 Å². The SMILES string of the molecule is CCCCOC(=O)N1[C@@H]2CC[C@H]1CN(c1nc(OC[C@@]34CCCN3C[C@H](F)C4)nc3cc(-c4cc(OCOC)cc(Cl)c4C4CC4)c(F)cc13)C2. The van der Waals surface area contributed by atoms with E-state index < -0.39 is 12.0 Å². The number of carbonyl (C=O) groups excluding carboxylic acids is 1. The highest BCUT2D eigenvalue weighted by molar-refractivity contribution is 6.32. The average Bonchev–Trinajstić information content (AvgIpc) is 3.72. The summed E-state index contributed by atoms with van der Waals surface area (Å²) in [6, 6.07) is 6.90. The van der Waals surface area contributed by atoms with Gasteiger partial charge in [-0.15, -0.1) is 0 Å². The molecular weight excluding hydrogens is 680 g/mol. The minimum absolute atomic E-state index is 0.0316. The third-order valence-electron chi connectivity index (χ3n) is 11.4. The Morgan fingerprint density at radius 1 is 1.04 bits per heavy atom. The fourth-order valence-corrected chi connectivity index (χ4v) is 9.20. The number of carbonyl (C=O) groups is 1. The largest absolute Gasteiger partial charge is 0.467 e. The Labute approximate surface area is 302 Å². The molecule has 13 heteroatoms. The van der Waals surface area contributed by atoms with Crippen molar-refractivity contribution in [3.8, 4) is 22.9 Å². The van der Waals surface area contributed by atoms with Gasteiger partial charge < -0.3 is 23.8 Å². The zero-order valence-electron chi connectivity index (χ0n) is 29.3. The molecule has 0 spiro atoms. The molecule has 4 saturated heterocycles. The average molecular weight is 726 g/mol. The van der Waals surface area contributed by atoms with Gasteiger partial charge in [0.05, 0.1) is 29.7 Å². The van der Waals surface area contributed by atoms with Gasteiger partial charge in [-0.05, 0) is 92.8 Å². The molecule has 1 aromatic heterocycles. The molecule has 1 saturated carbocycles. The summed E-state index contributed by atoms with van der Waals surface area (Å²) < 4.78 is 54.0. The van der Waals surface area contributed by atoms with Crippen molar-refractivity contribution in [1.29, 1.82) is 0 Å². The van der Waals surface area contributed by atoms with Gasteiger partial charge in [-0.25, -0.2) is 13.6 Å². The Morgan fingerprint density at radius 2 is 1.84 bits per heavy atom. The number of piperazine rings is 1. The second kappa shape index (κ2) is 14.2. The summed E-state index contributed by atoms with van der Waals surface area (Å²) in [6.45, 7) is 5.10. The fourth-order valence-electron chi connectivity index (χ4n) is 8.84. The van der Waals surface area contributed by atoms with Gasteiger partial charge in [-0.2, -0.15) is 9.97 Å². The van der Waals surface area contributed by atoms with Crippen LogP contribution in [-0.2, 0) is 9.47 Å². The van der Waals surface area contributed by atoms with E-state index >= 15 is 4.39 Å². The molecule has 1 amide bonds. The first kappa shape index (κ1) is 34.6. The summed E-state index contributed by atoms with van der Waals surface area (Å²) in [4.78, 5) is 29.1. The van der Waals surface area contributed by atoms with E-state index in [1.807, 2.05) is 11.0 Å². The Hall–Kier alpha value is -3.48. The maximum Gasteiger partial charge on any atom is 0.410 e. The first-order valence-electron chi connectivity index (χ1n) is 18.5. The van der Waals surface area contributed by atoms with E-state index in [2.05, 4.69) is 16.7 Å². The molecule has 0 radical (unpaired) electrons. The Bertz CT molecular complexity index is 1780. The van der Waals surface area contributed by atoms with Crippen LogP contribution in [0.3, 0.4) is 0 Å². The van der Waals surface area contributed by atoms with Crippen LogP contribution in [0.5, 0.6) is 11.8 Å². The Kier molecular flexibility index (Phi) is 9.60. The van der Waals surface area contributed by atoms with Crippen LogP contribution < -0.4 is 14.4 Å². The molecule has 3 aromatic rings. The summed E-state index contributed by atoms with van der Waals surface area (Å²) in [5.74, 6) is 0.852. The normalized spacial score (nSPS) is 25.9. The van der Waals surface area contributed by atoms with Crippen LogP contribution in [-0.4, -0.2) is 103 Å². The monoisotopic (exact) mass is 725 g/mol. The number of hydrogen-bond donors (Lipinski definition) is 0. The second-order valence-corrected chi connectivity index (χ2v) is 15.3. The second-order valence-electron chi connectivity index (χ2n) is 14.9. The highest BCUT2D eigenvalue weighted by Gasteiger charge is 2.50. The third-order valence-corrected chi connectivity index (χ3v) is 11.7. The number of aromatic nitrogens is 2. The minimum atomic E-state index is -0.885. The van der Waals surface area contributed by atoms with Crippen LogP contribution in [0.25, 0.3) is 22.0 Å². The lowest BCUT2D eigenvalue weighted by molar-refractivity contribution is 0.0511. The lowest BCUT2D eigenvalue weighted by atomic mass is 9.94. The molecule has 0 unspecified atom stereocenters. The van der Waals surface area contributed by atoms with E-state index in [4.69, 9.17) is 40.5 Å². The van der Waals surface area contributed by atoms with Gasteiger partial charge in [0.2, 0.25) is 0 Å². The first-order valence-corrected chi connectivity index (χ1v) is 18.8. The standard InChI is InChI=1S/C38H46ClF2N5O5/c1-3-4-12-49-37(47)46-25-8-9-26(46)20-44(19-25)35-30-15-32(41)28(29-13-27(51-22-48-2)14-31(39)34(29)23-6-7-23)16-33(30)42-36(43-35)50-21-38-10-5-11-45(38)18-24(40)17-38/h13-16,23-26H,3-12,17-22H2,1-2H3/t24-,25-,26+,38+/m1/s1. The predicted octanol–water partition coefficient (Wildman–Crippen LogP) is 7.49. The quantitative estimate of drug-likeness (QED) is 0.139. The lowest BCUT2D eigenvalue weighted by Gasteiger charge is -2.41. The number of halogens is 3. The van der Waals surface area contributed by atoms with E-state index in [-0.39, 0.29) is 49.0 Å².